The Hall–Kier alpha value is -1.09. The maximum atomic E-state index is 13.3. The summed E-state index contributed by atoms with van der Waals surface area (Å²) < 4.78 is 15.6. The van der Waals surface area contributed by atoms with Crippen LogP contribution in [0.25, 0.3) is 11.0 Å². The zero-order valence-electron chi connectivity index (χ0n) is 10.6. The molecule has 0 amide bonds. The number of aromatic nitrogens is 2. The molecule has 3 unspecified atom stereocenters. The fraction of sp³-hybridized carbons (Fsp3) is 0.533. The lowest BCUT2D eigenvalue weighted by molar-refractivity contribution is 0.331. The lowest BCUT2D eigenvalue weighted by Gasteiger charge is -2.25. The first kappa shape index (κ1) is 11.7. The van der Waals surface area contributed by atoms with Gasteiger partial charge in [-0.2, -0.15) is 0 Å². The molecule has 0 radical (unpaired) electrons. The first-order valence-corrected chi connectivity index (χ1v) is 7.52. The zero-order valence-corrected chi connectivity index (χ0v) is 11.4. The van der Waals surface area contributed by atoms with Crippen LogP contribution in [0, 0.1) is 17.7 Å². The van der Waals surface area contributed by atoms with E-state index in [0.29, 0.717) is 11.9 Å². The van der Waals surface area contributed by atoms with Gasteiger partial charge in [0.1, 0.15) is 11.6 Å². The molecular weight excluding hydrogens is 263 g/mol. The van der Waals surface area contributed by atoms with Crippen LogP contribution in [0.1, 0.15) is 37.5 Å². The van der Waals surface area contributed by atoms with E-state index in [4.69, 9.17) is 11.6 Å². The fourth-order valence-electron chi connectivity index (χ4n) is 4.11. The van der Waals surface area contributed by atoms with Crippen LogP contribution in [0.3, 0.4) is 0 Å². The smallest absolute Gasteiger partial charge is 0.125 e. The SMILES string of the molecule is Fc1ccc2c(c1)nc(CCl)n2C1CC2CCC1C2. The van der Waals surface area contributed by atoms with Gasteiger partial charge in [-0.1, -0.05) is 6.42 Å². The molecule has 2 nitrogen and oxygen atoms in total. The predicted octanol–water partition coefficient (Wildman–Crippen LogP) is 4.28. The van der Waals surface area contributed by atoms with Crippen molar-refractivity contribution in [2.24, 2.45) is 11.8 Å². The second-order valence-electron chi connectivity index (χ2n) is 5.91. The highest BCUT2D eigenvalue weighted by molar-refractivity contribution is 6.16. The molecule has 2 aliphatic rings. The molecular formula is C15H16ClFN2. The van der Waals surface area contributed by atoms with Crippen LogP contribution in [-0.2, 0) is 5.88 Å². The Kier molecular flexibility index (Phi) is 2.59. The van der Waals surface area contributed by atoms with E-state index in [-0.39, 0.29) is 5.82 Å². The summed E-state index contributed by atoms with van der Waals surface area (Å²) >= 11 is 6.05. The average molecular weight is 279 g/mol. The van der Waals surface area contributed by atoms with Gasteiger partial charge in [-0.05, 0) is 43.2 Å². The molecule has 2 bridgehead atoms. The van der Waals surface area contributed by atoms with Crippen molar-refractivity contribution < 1.29 is 4.39 Å². The first-order chi connectivity index (χ1) is 9.26. The van der Waals surface area contributed by atoms with Gasteiger partial charge in [0, 0.05) is 12.1 Å². The molecule has 4 rings (SSSR count). The monoisotopic (exact) mass is 278 g/mol. The lowest BCUT2D eigenvalue weighted by atomic mass is 9.95. The van der Waals surface area contributed by atoms with Crippen LogP contribution < -0.4 is 0 Å². The van der Waals surface area contributed by atoms with E-state index in [9.17, 15) is 4.39 Å². The second kappa shape index (κ2) is 4.20. The summed E-state index contributed by atoms with van der Waals surface area (Å²) in [4.78, 5) is 4.51. The fourth-order valence-corrected chi connectivity index (χ4v) is 4.30. The van der Waals surface area contributed by atoms with Crippen molar-refractivity contribution in [3.05, 3.63) is 29.8 Å². The molecule has 0 spiro atoms. The second-order valence-corrected chi connectivity index (χ2v) is 6.17. The predicted molar refractivity (Wildman–Crippen MR) is 73.7 cm³/mol. The summed E-state index contributed by atoms with van der Waals surface area (Å²) in [5.41, 5.74) is 1.77. The molecule has 2 saturated carbocycles. The van der Waals surface area contributed by atoms with E-state index in [1.807, 2.05) is 6.07 Å². The number of rotatable bonds is 2. The number of fused-ring (bicyclic) bond motifs is 3. The third kappa shape index (κ3) is 1.71. The van der Waals surface area contributed by atoms with Crippen LogP contribution in [0.5, 0.6) is 0 Å². The Balaban J connectivity index is 1.88. The number of benzene rings is 1. The minimum Gasteiger partial charge on any atom is -0.324 e. The van der Waals surface area contributed by atoms with Gasteiger partial charge in [0.25, 0.3) is 0 Å². The lowest BCUT2D eigenvalue weighted by Crippen LogP contribution is -2.18. The molecule has 19 heavy (non-hydrogen) atoms. The van der Waals surface area contributed by atoms with Gasteiger partial charge in [0.05, 0.1) is 16.9 Å². The zero-order chi connectivity index (χ0) is 13.0. The average Bonchev–Trinajstić information content (AvgIpc) is 3.09. The third-order valence-corrected chi connectivity index (χ3v) is 5.12. The number of alkyl halides is 1. The van der Waals surface area contributed by atoms with Gasteiger partial charge in [-0.3, -0.25) is 0 Å². The van der Waals surface area contributed by atoms with Crippen molar-refractivity contribution in [2.45, 2.75) is 37.6 Å². The van der Waals surface area contributed by atoms with Crippen LogP contribution >= 0.6 is 11.6 Å². The maximum Gasteiger partial charge on any atom is 0.125 e. The standard InChI is InChI=1S/C15H16ClFN2/c16-8-15-18-12-7-11(17)3-4-13(12)19(15)14-6-9-1-2-10(14)5-9/h3-4,7,9-10,14H,1-2,5-6,8H2. The molecule has 3 atom stereocenters. The third-order valence-electron chi connectivity index (χ3n) is 4.88. The van der Waals surface area contributed by atoms with E-state index in [1.165, 1.54) is 37.8 Å². The summed E-state index contributed by atoms with van der Waals surface area (Å²) in [6, 6.07) is 5.39. The van der Waals surface area contributed by atoms with E-state index < -0.39 is 0 Å². The summed E-state index contributed by atoms with van der Waals surface area (Å²) in [5.74, 6) is 2.68. The highest BCUT2D eigenvalue weighted by atomic mass is 35.5. The molecule has 2 aromatic rings. The Morgan fingerprint density at radius 2 is 2.21 bits per heavy atom. The molecule has 0 saturated heterocycles. The van der Waals surface area contributed by atoms with Gasteiger partial charge < -0.3 is 4.57 Å². The number of halogens is 2. The molecule has 0 aliphatic heterocycles. The van der Waals surface area contributed by atoms with Crippen LogP contribution in [-0.4, -0.2) is 9.55 Å². The van der Waals surface area contributed by atoms with E-state index in [2.05, 4.69) is 9.55 Å². The van der Waals surface area contributed by atoms with Crippen molar-refractivity contribution in [1.82, 2.24) is 9.55 Å². The minimum absolute atomic E-state index is 0.230. The highest BCUT2D eigenvalue weighted by Crippen LogP contribution is 2.51. The van der Waals surface area contributed by atoms with E-state index >= 15 is 0 Å². The topological polar surface area (TPSA) is 17.8 Å². The van der Waals surface area contributed by atoms with Crippen molar-refractivity contribution in [1.29, 1.82) is 0 Å². The minimum atomic E-state index is -0.230. The van der Waals surface area contributed by atoms with Gasteiger partial charge >= 0.3 is 0 Å². The number of nitrogens with zero attached hydrogens (tertiary/aromatic N) is 2. The molecule has 4 heteroatoms. The van der Waals surface area contributed by atoms with Crippen molar-refractivity contribution in [3.63, 3.8) is 0 Å². The van der Waals surface area contributed by atoms with Crippen LogP contribution in [0.15, 0.2) is 18.2 Å². The Bertz CT molecular complexity index is 636. The molecule has 1 aromatic carbocycles. The number of hydrogen-bond donors (Lipinski definition) is 0. The largest absolute Gasteiger partial charge is 0.324 e. The van der Waals surface area contributed by atoms with E-state index in [1.54, 1.807) is 0 Å². The van der Waals surface area contributed by atoms with Crippen molar-refractivity contribution >= 4 is 22.6 Å². The Morgan fingerprint density at radius 3 is 2.89 bits per heavy atom. The Morgan fingerprint density at radius 1 is 1.32 bits per heavy atom. The molecule has 2 fully saturated rings. The van der Waals surface area contributed by atoms with Gasteiger partial charge in [-0.15, -0.1) is 11.6 Å². The van der Waals surface area contributed by atoms with Crippen molar-refractivity contribution in [2.75, 3.05) is 0 Å². The first-order valence-electron chi connectivity index (χ1n) is 6.98. The quantitative estimate of drug-likeness (QED) is 0.750. The highest BCUT2D eigenvalue weighted by Gasteiger charge is 2.41. The molecule has 0 N–H and O–H groups in total. The van der Waals surface area contributed by atoms with E-state index in [0.717, 1.165) is 28.7 Å². The van der Waals surface area contributed by atoms with Crippen LogP contribution in [0.4, 0.5) is 4.39 Å². The molecule has 1 heterocycles. The molecule has 100 valence electrons. The summed E-state index contributed by atoms with van der Waals surface area (Å²) in [6.45, 7) is 0. The normalized spacial score (nSPS) is 29.5. The Labute approximate surface area is 116 Å². The molecule has 2 aliphatic carbocycles. The summed E-state index contributed by atoms with van der Waals surface area (Å²) in [7, 11) is 0. The summed E-state index contributed by atoms with van der Waals surface area (Å²) in [6.07, 6.45) is 5.27. The van der Waals surface area contributed by atoms with Gasteiger partial charge in [0.2, 0.25) is 0 Å². The van der Waals surface area contributed by atoms with Gasteiger partial charge in [-0.25, -0.2) is 9.37 Å². The molecule has 1 aromatic heterocycles. The number of imidazole rings is 1. The summed E-state index contributed by atoms with van der Waals surface area (Å²) in [5, 5.41) is 0. The van der Waals surface area contributed by atoms with Crippen molar-refractivity contribution in [3.8, 4) is 0 Å². The number of hydrogen-bond acceptors (Lipinski definition) is 1. The van der Waals surface area contributed by atoms with Crippen LogP contribution in [0.2, 0.25) is 0 Å². The van der Waals surface area contributed by atoms with Gasteiger partial charge in [0.15, 0.2) is 0 Å². The maximum absolute atomic E-state index is 13.3.